The van der Waals surface area contributed by atoms with Gasteiger partial charge in [-0.3, -0.25) is 0 Å². The van der Waals surface area contributed by atoms with E-state index in [1.807, 2.05) is 0 Å². The van der Waals surface area contributed by atoms with Crippen LogP contribution in [0.3, 0.4) is 0 Å². The number of benzene rings is 1. The molecule has 0 saturated heterocycles. The summed E-state index contributed by atoms with van der Waals surface area (Å²) in [6, 6.07) is 11.2. The predicted molar refractivity (Wildman–Crippen MR) is 62.6 cm³/mol. The second kappa shape index (κ2) is 5.09. The number of ether oxygens (including phenoxy) is 1. The lowest BCUT2D eigenvalue weighted by molar-refractivity contribution is 0.0685. The number of aromatic carboxylic acids is 1. The number of hydrogen-bond acceptors (Lipinski definition) is 4. The third-order valence-corrected chi connectivity index (χ3v) is 2.17. The minimum Gasteiger partial charge on any atom is -0.477 e. The Balaban J connectivity index is 2.12. The molecule has 1 aromatic heterocycles. The number of pyridine rings is 1. The molecule has 0 spiro atoms. The van der Waals surface area contributed by atoms with Crippen LogP contribution < -0.4 is 4.74 Å². The van der Waals surface area contributed by atoms with Crippen molar-refractivity contribution in [1.29, 1.82) is 0 Å². The molecule has 0 bridgehead atoms. The van der Waals surface area contributed by atoms with E-state index in [1.165, 1.54) is 18.3 Å². The summed E-state index contributed by atoms with van der Waals surface area (Å²) in [6.07, 6.45) is 1.18. The fourth-order valence-corrected chi connectivity index (χ4v) is 1.30. The molecule has 5 nitrogen and oxygen atoms in total. The topological polar surface area (TPSA) is 76.5 Å². The highest BCUT2D eigenvalue weighted by molar-refractivity contribution is 5.92. The summed E-state index contributed by atoms with van der Waals surface area (Å²) >= 11 is 0. The van der Waals surface area contributed by atoms with Gasteiger partial charge in [0.1, 0.15) is 11.4 Å². The highest BCUT2D eigenvalue weighted by Crippen LogP contribution is 2.11. The first-order chi connectivity index (χ1) is 8.66. The number of nitrogens with zero attached hydrogens (tertiary/aromatic N) is 1. The van der Waals surface area contributed by atoms with Gasteiger partial charge in [-0.05, 0) is 24.3 Å². The second-order valence-electron chi connectivity index (χ2n) is 3.44. The van der Waals surface area contributed by atoms with Crippen molar-refractivity contribution in [2.24, 2.45) is 0 Å². The summed E-state index contributed by atoms with van der Waals surface area (Å²) in [5, 5.41) is 8.67. The Morgan fingerprint density at radius 2 is 1.78 bits per heavy atom. The van der Waals surface area contributed by atoms with Crippen molar-refractivity contribution >= 4 is 11.9 Å². The monoisotopic (exact) mass is 243 g/mol. The van der Waals surface area contributed by atoms with Gasteiger partial charge in [-0.25, -0.2) is 14.6 Å². The van der Waals surface area contributed by atoms with Gasteiger partial charge in [0.05, 0.1) is 5.56 Å². The predicted octanol–water partition coefficient (Wildman–Crippen LogP) is 2.00. The van der Waals surface area contributed by atoms with Crippen LogP contribution in [0, 0.1) is 0 Å². The number of carbonyl (C=O) groups excluding carboxylic acids is 1. The first-order valence-corrected chi connectivity index (χ1v) is 5.13. The van der Waals surface area contributed by atoms with Crippen LogP contribution in [0.25, 0.3) is 0 Å². The number of para-hydroxylation sites is 1. The molecule has 90 valence electrons. The maximum atomic E-state index is 11.7. The van der Waals surface area contributed by atoms with Crippen LogP contribution in [0.2, 0.25) is 0 Å². The molecule has 0 saturated carbocycles. The van der Waals surface area contributed by atoms with Crippen molar-refractivity contribution in [2.45, 2.75) is 0 Å². The maximum absolute atomic E-state index is 11.7. The van der Waals surface area contributed by atoms with Crippen molar-refractivity contribution in [3.05, 3.63) is 59.9 Å². The van der Waals surface area contributed by atoms with Gasteiger partial charge < -0.3 is 9.84 Å². The van der Waals surface area contributed by atoms with Gasteiger partial charge in [-0.1, -0.05) is 18.2 Å². The van der Waals surface area contributed by atoms with Crippen LogP contribution in [0.15, 0.2) is 48.7 Å². The summed E-state index contributed by atoms with van der Waals surface area (Å²) in [5.41, 5.74) is 0.0788. The lowest BCUT2D eigenvalue weighted by Crippen LogP contribution is -2.10. The van der Waals surface area contributed by atoms with E-state index in [9.17, 15) is 9.59 Å². The lowest BCUT2D eigenvalue weighted by atomic mass is 10.2. The molecule has 2 rings (SSSR count). The molecule has 1 N–H and O–H groups in total. The molecular formula is C13H9NO4. The molecule has 2 aromatic rings. The number of esters is 1. The lowest BCUT2D eigenvalue weighted by Gasteiger charge is -2.03. The normalized spacial score (nSPS) is 9.78. The van der Waals surface area contributed by atoms with E-state index in [0.717, 1.165) is 0 Å². The van der Waals surface area contributed by atoms with Crippen molar-refractivity contribution < 1.29 is 19.4 Å². The average molecular weight is 243 g/mol. The number of carbonyl (C=O) groups is 2. The fraction of sp³-hybridized carbons (Fsp3) is 0. The quantitative estimate of drug-likeness (QED) is 0.659. The Kier molecular flexibility index (Phi) is 3.33. The first kappa shape index (κ1) is 11.8. The van der Waals surface area contributed by atoms with Gasteiger partial charge in [0.2, 0.25) is 0 Å². The molecule has 0 aliphatic rings. The third-order valence-electron chi connectivity index (χ3n) is 2.17. The van der Waals surface area contributed by atoms with Crippen LogP contribution >= 0.6 is 0 Å². The number of carboxylic acids is 1. The smallest absolute Gasteiger partial charge is 0.354 e. The minimum absolute atomic E-state index is 0.119. The first-order valence-electron chi connectivity index (χ1n) is 5.13. The minimum atomic E-state index is -1.14. The molecule has 0 fully saturated rings. The zero-order valence-electron chi connectivity index (χ0n) is 9.24. The highest BCUT2D eigenvalue weighted by atomic mass is 16.5. The second-order valence-corrected chi connectivity index (χ2v) is 3.44. The molecule has 18 heavy (non-hydrogen) atoms. The zero-order chi connectivity index (χ0) is 13.0. The van der Waals surface area contributed by atoms with Crippen molar-refractivity contribution in [2.75, 3.05) is 0 Å². The Hall–Kier alpha value is -2.69. The van der Waals surface area contributed by atoms with Gasteiger partial charge in [0.15, 0.2) is 0 Å². The number of rotatable bonds is 3. The average Bonchev–Trinajstić information content (AvgIpc) is 2.40. The van der Waals surface area contributed by atoms with Crippen LogP contribution in [0.5, 0.6) is 5.75 Å². The van der Waals surface area contributed by atoms with E-state index in [4.69, 9.17) is 9.84 Å². The van der Waals surface area contributed by atoms with Crippen LogP contribution in [-0.2, 0) is 0 Å². The number of hydrogen-bond donors (Lipinski definition) is 1. The van der Waals surface area contributed by atoms with E-state index < -0.39 is 11.9 Å². The van der Waals surface area contributed by atoms with Crippen molar-refractivity contribution in [3.63, 3.8) is 0 Å². The van der Waals surface area contributed by atoms with Gasteiger partial charge in [-0.15, -0.1) is 0 Å². The van der Waals surface area contributed by atoms with E-state index in [2.05, 4.69) is 4.98 Å². The molecule has 0 unspecified atom stereocenters. The van der Waals surface area contributed by atoms with E-state index in [-0.39, 0.29) is 11.3 Å². The van der Waals surface area contributed by atoms with Crippen LogP contribution in [-0.4, -0.2) is 22.0 Å². The Morgan fingerprint density at radius 1 is 1.06 bits per heavy atom. The summed E-state index contributed by atoms with van der Waals surface area (Å²) in [4.78, 5) is 25.9. The summed E-state index contributed by atoms with van der Waals surface area (Å²) < 4.78 is 5.07. The molecule has 0 atom stereocenters. The maximum Gasteiger partial charge on any atom is 0.354 e. The summed E-state index contributed by atoms with van der Waals surface area (Å²) in [5.74, 6) is -1.30. The standard InChI is InChI=1S/C13H9NO4/c15-12(16)11-7-6-9(8-14-11)13(17)18-10-4-2-1-3-5-10/h1-8H,(H,15,16). The van der Waals surface area contributed by atoms with E-state index in [0.29, 0.717) is 5.75 Å². The molecule has 1 heterocycles. The Bertz CT molecular complexity index is 563. The van der Waals surface area contributed by atoms with Crippen LogP contribution in [0.4, 0.5) is 0 Å². The van der Waals surface area contributed by atoms with Crippen molar-refractivity contribution in [3.8, 4) is 5.75 Å². The molecule has 1 aromatic carbocycles. The van der Waals surface area contributed by atoms with Crippen molar-refractivity contribution in [1.82, 2.24) is 4.98 Å². The molecule has 0 aliphatic carbocycles. The van der Waals surface area contributed by atoms with Gasteiger partial charge in [0.25, 0.3) is 0 Å². The Labute approximate surface area is 103 Å². The van der Waals surface area contributed by atoms with E-state index >= 15 is 0 Å². The molecule has 0 amide bonds. The highest BCUT2D eigenvalue weighted by Gasteiger charge is 2.10. The van der Waals surface area contributed by atoms with Gasteiger partial charge in [-0.2, -0.15) is 0 Å². The summed E-state index contributed by atoms with van der Waals surface area (Å²) in [6.45, 7) is 0. The van der Waals surface area contributed by atoms with Gasteiger partial charge >= 0.3 is 11.9 Å². The van der Waals surface area contributed by atoms with E-state index in [1.54, 1.807) is 30.3 Å². The number of aromatic nitrogens is 1. The molecular weight excluding hydrogens is 234 g/mol. The Morgan fingerprint density at radius 3 is 2.33 bits per heavy atom. The molecule has 0 radical (unpaired) electrons. The molecule has 5 heteroatoms. The fourth-order valence-electron chi connectivity index (χ4n) is 1.30. The third kappa shape index (κ3) is 2.70. The SMILES string of the molecule is O=C(Oc1ccccc1)c1ccc(C(=O)O)nc1. The zero-order valence-corrected chi connectivity index (χ0v) is 9.24. The largest absolute Gasteiger partial charge is 0.477 e. The van der Waals surface area contributed by atoms with Gasteiger partial charge in [0, 0.05) is 6.20 Å². The summed E-state index contributed by atoms with van der Waals surface area (Å²) in [7, 11) is 0. The number of carboxylic acid groups (broad SMARTS) is 1. The van der Waals surface area contributed by atoms with Crippen LogP contribution in [0.1, 0.15) is 20.8 Å². The molecule has 0 aliphatic heterocycles.